The number of fused-ring (bicyclic) bond motifs is 1. The van der Waals surface area contributed by atoms with Crippen LogP contribution in [-0.4, -0.2) is 5.78 Å². The van der Waals surface area contributed by atoms with Gasteiger partial charge in [-0.3, -0.25) is 4.79 Å². The van der Waals surface area contributed by atoms with Crippen LogP contribution in [0.3, 0.4) is 0 Å². The molecule has 0 saturated heterocycles. The molecule has 108 valence electrons. The summed E-state index contributed by atoms with van der Waals surface area (Å²) in [6, 6.07) is 10.0. The molecule has 1 atom stereocenters. The highest BCUT2D eigenvalue weighted by Gasteiger charge is 2.30. The van der Waals surface area contributed by atoms with Gasteiger partial charge < -0.3 is 4.74 Å². The highest BCUT2D eigenvalue weighted by molar-refractivity contribution is 6.04. The summed E-state index contributed by atoms with van der Waals surface area (Å²) in [7, 11) is 0. The monoisotopic (exact) mass is 284 g/mol. The highest BCUT2D eigenvalue weighted by atomic mass is 19.1. The second-order valence-corrected chi connectivity index (χ2v) is 5.61. The number of ether oxygens (including phenoxy) is 1. The molecule has 1 aliphatic carbocycles. The standard InChI is InChI=1S/C18H17FO2/c1-11-3-8-16(18-15(20)9-12(2)17(11)18)21-10-13-4-6-14(19)7-5-13/h3-8,12H,9-10H2,1-2H3. The summed E-state index contributed by atoms with van der Waals surface area (Å²) in [6.07, 6.45) is 0.549. The summed E-state index contributed by atoms with van der Waals surface area (Å²) >= 11 is 0. The number of halogens is 1. The summed E-state index contributed by atoms with van der Waals surface area (Å²) in [6.45, 7) is 4.43. The molecule has 0 bridgehead atoms. The largest absolute Gasteiger partial charge is 0.488 e. The van der Waals surface area contributed by atoms with E-state index in [0.29, 0.717) is 18.8 Å². The number of benzene rings is 2. The van der Waals surface area contributed by atoms with Gasteiger partial charge in [0.1, 0.15) is 18.2 Å². The molecule has 0 radical (unpaired) electrons. The molecule has 1 aliphatic rings. The second kappa shape index (κ2) is 5.32. The van der Waals surface area contributed by atoms with Crippen molar-refractivity contribution in [2.24, 2.45) is 0 Å². The Morgan fingerprint density at radius 3 is 2.62 bits per heavy atom. The molecule has 2 aromatic carbocycles. The van der Waals surface area contributed by atoms with Crippen molar-refractivity contribution in [1.29, 1.82) is 0 Å². The number of aryl methyl sites for hydroxylation is 1. The average molecular weight is 284 g/mol. The Labute approximate surface area is 123 Å². The number of Topliss-reactive ketones (excluding diaryl/α,β-unsaturated/α-hetero) is 1. The number of hydrogen-bond acceptors (Lipinski definition) is 2. The molecular weight excluding hydrogens is 267 g/mol. The Morgan fingerprint density at radius 2 is 1.90 bits per heavy atom. The highest BCUT2D eigenvalue weighted by Crippen LogP contribution is 2.40. The predicted octanol–water partition coefficient (Wildman–Crippen LogP) is 4.40. The van der Waals surface area contributed by atoms with Gasteiger partial charge in [-0.1, -0.05) is 25.1 Å². The first kappa shape index (κ1) is 13.8. The third-order valence-corrected chi connectivity index (χ3v) is 4.00. The zero-order valence-corrected chi connectivity index (χ0v) is 12.2. The van der Waals surface area contributed by atoms with Crippen molar-refractivity contribution in [3.05, 3.63) is 64.5 Å². The normalized spacial score (nSPS) is 16.9. The second-order valence-electron chi connectivity index (χ2n) is 5.61. The molecule has 21 heavy (non-hydrogen) atoms. The Balaban J connectivity index is 1.87. The number of hydrogen-bond donors (Lipinski definition) is 0. The van der Waals surface area contributed by atoms with Crippen LogP contribution in [0.4, 0.5) is 4.39 Å². The molecule has 0 heterocycles. The van der Waals surface area contributed by atoms with Crippen molar-refractivity contribution in [2.75, 3.05) is 0 Å². The maximum absolute atomic E-state index is 12.9. The van der Waals surface area contributed by atoms with Crippen LogP contribution in [-0.2, 0) is 6.61 Å². The molecular formula is C18H17FO2. The Hall–Kier alpha value is -2.16. The molecule has 0 spiro atoms. The number of ketones is 1. The summed E-state index contributed by atoms with van der Waals surface area (Å²) in [5.41, 5.74) is 3.85. The minimum Gasteiger partial charge on any atom is -0.488 e. The van der Waals surface area contributed by atoms with Crippen LogP contribution in [0.5, 0.6) is 5.75 Å². The third-order valence-electron chi connectivity index (χ3n) is 4.00. The molecule has 0 fully saturated rings. The molecule has 0 aromatic heterocycles. The Bertz CT molecular complexity index is 689. The number of carbonyl (C=O) groups excluding carboxylic acids is 1. The lowest BCUT2D eigenvalue weighted by Gasteiger charge is -2.13. The molecule has 1 unspecified atom stereocenters. The van der Waals surface area contributed by atoms with Gasteiger partial charge in [0.2, 0.25) is 0 Å². The quantitative estimate of drug-likeness (QED) is 0.835. The fraction of sp³-hybridized carbons (Fsp3) is 0.278. The van der Waals surface area contributed by atoms with Gasteiger partial charge in [0, 0.05) is 6.42 Å². The third kappa shape index (κ3) is 2.56. The zero-order chi connectivity index (χ0) is 15.0. The van der Waals surface area contributed by atoms with Gasteiger partial charge in [-0.25, -0.2) is 4.39 Å². The minimum absolute atomic E-state index is 0.148. The van der Waals surface area contributed by atoms with E-state index in [-0.39, 0.29) is 17.5 Å². The van der Waals surface area contributed by atoms with Crippen molar-refractivity contribution in [3.63, 3.8) is 0 Å². The Kier molecular flexibility index (Phi) is 3.50. The van der Waals surface area contributed by atoms with Crippen LogP contribution in [0, 0.1) is 12.7 Å². The zero-order valence-electron chi connectivity index (χ0n) is 12.2. The first-order chi connectivity index (χ1) is 10.1. The van der Waals surface area contributed by atoms with E-state index in [4.69, 9.17) is 4.74 Å². The maximum atomic E-state index is 12.9. The molecule has 3 rings (SSSR count). The lowest BCUT2D eigenvalue weighted by atomic mass is 9.97. The van der Waals surface area contributed by atoms with Gasteiger partial charge >= 0.3 is 0 Å². The van der Waals surface area contributed by atoms with E-state index < -0.39 is 0 Å². The SMILES string of the molecule is Cc1ccc(OCc2ccc(F)cc2)c2c1C(C)CC2=O. The van der Waals surface area contributed by atoms with Crippen LogP contribution in [0.1, 0.15) is 46.3 Å². The van der Waals surface area contributed by atoms with Gasteiger partial charge in [-0.2, -0.15) is 0 Å². The van der Waals surface area contributed by atoms with Gasteiger partial charge in [-0.15, -0.1) is 0 Å². The lowest BCUT2D eigenvalue weighted by Crippen LogP contribution is -2.02. The lowest BCUT2D eigenvalue weighted by molar-refractivity contribution is 0.0986. The van der Waals surface area contributed by atoms with Crippen LogP contribution in [0.2, 0.25) is 0 Å². The van der Waals surface area contributed by atoms with Crippen molar-refractivity contribution in [2.45, 2.75) is 32.8 Å². The first-order valence-corrected chi connectivity index (χ1v) is 7.10. The molecule has 2 aromatic rings. The van der Waals surface area contributed by atoms with Crippen LogP contribution in [0.25, 0.3) is 0 Å². The molecule has 2 nitrogen and oxygen atoms in total. The van der Waals surface area contributed by atoms with Crippen molar-refractivity contribution in [1.82, 2.24) is 0 Å². The fourth-order valence-corrected chi connectivity index (χ4v) is 2.97. The smallest absolute Gasteiger partial charge is 0.167 e. The number of carbonyl (C=O) groups is 1. The van der Waals surface area contributed by atoms with Crippen LogP contribution < -0.4 is 4.74 Å². The van der Waals surface area contributed by atoms with E-state index in [0.717, 1.165) is 22.3 Å². The minimum atomic E-state index is -0.265. The van der Waals surface area contributed by atoms with Crippen LogP contribution in [0.15, 0.2) is 36.4 Å². The van der Waals surface area contributed by atoms with E-state index in [9.17, 15) is 9.18 Å². The maximum Gasteiger partial charge on any atom is 0.167 e. The van der Waals surface area contributed by atoms with E-state index in [1.54, 1.807) is 12.1 Å². The van der Waals surface area contributed by atoms with E-state index in [1.165, 1.54) is 12.1 Å². The summed E-state index contributed by atoms with van der Waals surface area (Å²) in [4.78, 5) is 12.2. The van der Waals surface area contributed by atoms with Gasteiger partial charge in [0.05, 0.1) is 5.56 Å². The first-order valence-electron chi connectivity index (χ1n) is 7.10. The summed E-state index contributed by atoms with van der Waals surface area (Å²) in [5, 5.41) is 0. The molecule has 0 aliphatic heterocycles. The van der Waals surface area contributed by atoms with Gasteiger partial charge in [0.25, 0.3) is 0 Å². The molecule has 0 N–H and O–H groups in total. The van der Waals surface area contributed by atoms with Crippen LogP contribution >= 0.6 is 0 Å². The van der Waals surface area contributed by atoms with E-state index in [2.05, 4.69) is 6.92 Å². The molecule has 0 amide bonds. The summed E-state index contributed by atoms with van der Waals surface area (Å²) < 4.78 is 18.7. The topological polar surface area (TPSA) is 26.3 Å². The van der Waals surface area contributed by atoms with Gasteiger partial charge in [0.15, 0.2) is 5.78 Å². The molecule has 3 heteroatoms. The van der Waals surface area contributed by atoms with E-state index >= 15 is 0 Å². The van der Waals surface area contributed by atoms with Crippen molar-refractivity contribution >= 4 is 5.78 Å². The fourth-order valence-electron chi connectivity index (χ4n) is 2.97. The Morgan fingerprint density at radius 1 is 1.19 bits per heavy atom. The predicted molar refractivity (Wildman–Crippen MR) is 79.3 cm³/mol. The van der Waals surface area contributed by atoms with Gasteiger partial charge in [-0.05, 0) is 47.7 Å². The van der Waals surface area contributed by atoms with Crippen molar-refractivity contribution in [3.8, 4) is 5.75 Å². The van der Waals surface area contributed by atoms with Crippen molar-refractivity contribution < 1.29 is 13.9 Å². The molecule has 0 saturated carbocycles. The average Bonchev–Trinajstić information content (AvgIpc) is 2.76. The number of rotatable bonds is 3. The summed E-state index contributed by atoms with van der Waals surface area (Å²) in [5.74, 6) is 0.769. The van der Waals surface area contributed by atoms with E-state index in [1.807, 2.05) is 19.1 Å².